The van der Waals surface area contributed by atoms with Crippen LogP contribution in [-0.4, -0.2) is 46.3 Å². The van der Waals surface area contributed by atoms with E-state index in [1.807, 2.05) is 16.2 Å². The first-order valence-corrected chi connectivity index (χ1v) is 9.83. The molecule has 0 N–H and O–H groups in total. The van der Waals surface area contributed by atoms with Gasteiger partial charge in [0.25, 0.3) is 11.6 Å². The quantitative estimate of drug-likeness (QED) is 0.574. The number of non-ortho nitro benzene ring substituents is 1. The van der Waals surface area contributed by atoms with Crippen molar-refractivity contribution >= 4 is 35.3 Å². The summed E-state index contributed by atoms with van der Waals surface area (Å²) in [7, 11) is 0. The number of carbonyl (C=O) groups is 1. The second-order valence-corrected chi connectivity index (χ2v) is 7.92. The molecule has 0 spiro atoms. The summed E-state index contributed by atoms with van der Waals surface area (Å²) in [4.78, 5) is 28.8. The van der Waals surface area contributed by atoms with Crippen molar-refractivity contribution in [1.29, 1.82) is 0 Å². The van der Waals surface area contributed by atoms with Crippen LogP contribution in [0, 0.1) is 10.1 Å². The van der Waals surface area contributed by atoms with Crippen molar-refractivity contribution in [3.63, 3.8) is 0 Å². The van der Waals surface area contributed by atoms with E-state index in [0.717, 1.165) is 45.4 Å². The first-order chi connectivity index (χ1) is 12.6. The van der Waals surface area contributed by atoms with E-state index in [2.05, 4.69) is 16.3 Å². The SMILES string of the molecule is Cl.O=C(c1ccc([N+](=O)[O-])cc1)N1CCC(N2CCc3ccsc3C2)CC1. The minimum atomic E-state index is -0.447. The summed E-state index contributed by atoms with van der Waals surface area (Å²) in [6.07, 6.45) is 3.10. The van der Waals surface area contributed by atoms with E-state index in [1.54, 1.807) is 12.1 Å². The van der Waals surface area contributed by atoms with Crippen LogP contribution in [0.2, 0.25) is 0 Å². The monoisotopic (exact) mass is 407 g/mol. The second-order valence-electron chi connectivity index (χ2n) is 6.92. The van der Waals surface area contributed by atoms with Crippen LogP contribution >= 0.6 is 23.7 Å². The minimum absolute atomic E-state index is 0. The summed E-state index contributed by atoms with van der Waals surface area (Å²) < 4.78 is 0. The molecular weight excluding hydrogens is 386 g/mol. The van der Waals surface area contributed by atoms with Crippen LogP contribution in [0.3, 0.4) is 0 Å². The van der Waals surface area contributed by atoms with Crippen LogP contribution < -0.4 is 0 Å². The summed E-state index contributed by atoms with van der Waals surface area (Å²) in [5.41, 5.74) is 2.03. The highest BCUT2D eigenvalue weighted by atomic mass is 35.5. The molecule has 0 aliphatic carbocycles. The molecule has 2 aromatic rings. The highest BCUT2D eigenvalue weighted by molar-refractivity contribution is 7.10. The summed E-state index contributed by atoms with van der Waals surface area (Å²) in [5, 5.41) is 12.9. The van der Waals surface area contributed by atoms with Gasteiger partial charge >= 0.3 is 0 Å². The molecule has 1 fully saturated rings. The number of fused-ring (bicyclic) bond motifs is 1. The van der Waals surface area contributed by atoms with Gasteiger partial charge in [0.1, 0.15) is 0 Å². The Morgan fingerprint density at radius 3 is 2.48 bits per heavy atom. The van der Waals surface area contributed by atoms with E-state index < -0.39 is 4.92 Å². The third-order valence-corrected chi connectivity index (χ3v) is 6.39. The molecule has 0 unspecified atom stereocenters. The van der Waals surface area contributed by atoms with Gasteiger partial charge < -0.3 is 4.90 Å². The number of carbonyl (C=O) groups excluding carboxylic acids is 1. The first-order valence-electron chi connectivity index (χ1n) is 8.95. The highest BCUT2D eigenvalue weighted by Crippen LogP contribution is 2.28. The topological polar surface area (TPSA) is 66.7 Å². The Labute approximate surface area is 168 Å². The zero-order valence-electron chi connectivity index (χ0n) is 14.9. The van der Waals surface area contributed by atoms with Crippen LogP contribution in [0.15, 0.2) is 35.7 Å². The van der Waals surface area contributed by atoms with Crippen molar-refractivity contribution in [3.8, 4) is 0 Å². The van der Waals surface area contributed by atoms with Crippen molar-refractivity contribution in [2.24, 2.45) is 0 Å². The predicted molar refractivity (Wildman–Crippen MR) is 108 cm³/mol. The average Bonchev–Trinajstić information content (AvgIpc) is 3.15. The summed E-state index contributed by atoms with van der Waals surface area (Å²) in [6.45, 7) is 3.63. The van der Waals surface area contributed by atoms with Crippen LogP contribution in [-0.2, 0) is 13.0 Å². The predicted octanol–water partition coefficient (Wildman–Crippen LogP) is 3.74. The number of hydrogen-bond donors (Lipinski definition) is 0. The Kier molecular flexibility index (Phi) is 6.14. The molecular formula is C19H22ClN3O3S. The number of nitro benzene ring substituents is 1. The van der Waals surface area contributed by atoms with Gasteiger partial charge in [-0.1, -0.05) is 0 Å². The van der Waals surface area contributed by atoms with E-state index in [4.69, 9.17) is 0 Å². The molecule has 1 saturated heterocycles. The molecule has 6 nitrogen and oxygen atoms in total. The van der Waals surface area contributed by atoms with E-state index in [1.165, 1.54) is 22.6 Å². The minimum Gasteiger partial charge on any atom is -0.339 e. The van der Waals surface area contributed by atoms with Gasteiger partial charge in [-0.2, -0.15) is 0 Å². The molecule has 1 aromatic carbocycles. The molecule has 144 valence electrons. The zero-order valence-corrected chi connectivity index (χ0v) is 16.5. The molecule has 2 aliphatic rings. The van der Waals surface area contributed by atoms with Crippen LogP contribution in [0.4, 0.5) is 5.69 Å². The number of likely N-dealkylation sites (tertiary alicyclic amines) is 1. The first kappa shape index (κ1) is 19.8. The van der Waals surface area contributed by atoms with Crippen LogP contribution in [0.25, 0.3) is 0 Å². The van der Waals surface area contributed by atoms with Crippen molar-refractivity contribution in [1.82, 2.24) is 9.80 Å². The number of benzene rings is 1. The Balaban J connectivity index is 0.00000210. The fourth-order valence-corrected chi connectivity index (χ4v) is 4.87. The van der Waals surface area contributed by atoms with Gasteiger partial charge in [-0.05, 0) is 48.4 Å². The molecule has 27 heavy (non-hydrogen) atoms. The number of nitro groups is 1. The number of rotatable bonds is 3. The van der Waals surface area contributed by atoms with Gasteiger partial charge in [-0.25, -0.2) is 0 Å². The van der Waals surface area contributed by atoms with Crippen molar-refractivity contribution < 1.29 is 9.72 Å². The summed E-state index contributed by atoms with van der Waals surface area (Å²) in [6, 6.07) is 8.66. The standard InChI is InChI=1S/C19H21N3O3S.ClH/c23-19(15-1-3-17(4-2-15)22(24)25)20-10-6-16(7-11-20)21-9-5-14-8-12-26-18(14)13-21;/h1-4,8,12,16H,5-7,9-11,13H2;1H. The Bertz CT molecular complexity index is 816. The molecule has 0 bridgehead atoms. The second kappa shape index (κ2) is 8.37. The molecule has 4 rings (SSSR count). The van der Waals surface area contributed by atoms with Crippen LogP contribution in [0.1, 0.15) is 33.6 Å². The normalized spacial score (nSPS) is 17.9. The van der Waals surface area contributed by atoms with Crippen molar-refractivity contribution in [2.75, 3.05) is 19.6 Å². The largest absolute Gasteiger partial charge is 0.339 e. The Morgan fingerprint density at radius 2 is 1.81 bits per heavy atom. The smallest absolute Gasteiger partial charge is 0.269 e. The highest BCUT2D eigenvalue weighted by Gasteiger charge is 2.29. The van der Waals surface area contributed by atoms with Gasteiger partial charge in [-0.15, -0.1) is 23.7 Å². The lowest BCUT2D eigenvalue weighted by Gasteiger charge is -2.40. The molecule has 8 heteroatoms. The number of halogens is 1. The Morgan fingerprint density at radius 1 is 1.11 bits per heavy atom. The molecule has 0 radical (unpaired) electrons. The average molecular weight is 408 g/mol. The number of hydrogen-bond acceptors (Lipinski definition) is 5. The lowest BCUT2D eigenvalue weighted by molar-refractivity contribution is -0.384. The fourth-order valence-electron chi connectivity index (χ4n) is 3.91. The van der Waals surface area contributed by atoms with Gasteiger partial charge in [0.2, 0.25) is 0 Å². The van der Waals surface area contributed by atoms with Crippen molar-refractivity contribution in [2.45, 2.75) is 31.8 Å². The third-order valence-electron chi connectivity index (χ3n) is 5.45. The van der Waals surface area contributed by atoms with Gasteiger partial charge in [0.15, 0.2) is 0 Å². The maximum absolute atomic E-state index is 12.6. The van der Waals surface area contributed by atoms with Crippen molar-refractivity contribution in [3.05, 3.63) is 61.8 Å². The van der Waals surface area contributed by atoms with Gasteiger partial charge in [0.05, 0.1) is 4.92 Å². The van der Waals surface area contributed by atoms with E-state index in [9.17, 15) is 14.9 Å². The number of piperidine rings is 1. The zero-order chi connectivity index (χ0) is 18.1. The van der Waals surface area contributed by atoms with Gasteiger partial charge in [0, 0.05) is 54.8 Å². The molecule has 2 aliphatic heterocycles. The van der Waals surface area contributed by atoms with E-state index in [-0.39, 0.29) is 24.0 Å². The summed E-state index contributed by atoms with van der Waals surface area (Å²) in [5.74, 6) is -0.0301. The lowest BCUT2D eigenvalue weighted by atomic mass is 9.99. The van der Waals surface area contributed by atoms with Crippen LogP contribution in [0.5, 0.6) is 0 Å². The molecule has 3 heterocycles. The lowest BCUT2D eigenvalue weighted by Crippen LogP contribution is -2.47. The summed E-state index contributed by atoms with van der Waals surface area (Å²) >= 11 is 1.84. The Hall–Kier alpha value is -1.96. The maximum atomic E-state index is 12.6. The van der Waals surface area contributed by atoms with E-state index in [0.29, 0.717) is 11.6 Å². The number of thiophene rings is 1. The molecule has 0 saturated carbocycles. The number of amides is 1. The fraction of sp³-hybridized carbons (Fsp3) is 0.421. The van der Waals surface area contributed by atoms with E-state index >= 15 is 0 Å². The molecule has 0 atom stereocenters. The number of nitrogens with zero attached hydrogens (tertiary/aromatic N) is 3. The van der Waals surface area contributed by atoms with Gasteiger partial charge in [-0.3, -0.25) is 19.8 Å². The third kappa shape index (κ3) is 4.15. The molecule has 1 aromatic heterocycles. The molecule has 1 amide bonds. The maximum Gasteiger partial charge on any atom is 0.269 e.